The maximum absolute atomic E-state index is 4.38. The van der Waals surface area contributed by atoms with Crippen LogP contribution in [0.3, 0.4) is 0 Å². The van der Waals surface area contributed by atoms with Crippen LogP contribution >= 0.6 is 0 Å². The van der Waals surface area contributed by atoms with Gasteiger partial charge in [-0.2, -0.15) is 0 Å². The summed E-state index contributed by atoms with van der Waals surface area (Å²) in [6, 6.07) is 0.759. The number of amidine groups is 1. The highest BCUT2D eigenvalue weighted by Gasteiger charge is 2.13. The van der Waals surface area contributed by atoms with Crippen molar-refractivity contribution < 1.29 is 0 Å². The van der Waals surface area contributed by atoms with Crippen LogP contribution in [0.15, 0.2) is 4.99 Å². The van der Waals surface area contributed by atoms with E-state index in [-0.39, 0.29) is 0 Å². The summed E-state index contributed by atoms with van der Waals surface area (Å²) in [6.45, 7) is 3.34. The van der Waals surface area contributed by atoms with E-state index in [1.54, 1.807) is 0 Å². The van der Waals surface area contributed by atoms with Crippen molar-refractivity contribution in [1.29, 1.82) is 0 Å². The highest BCUT2D eigenvalue weighted by molar-refractivity contribution is 5.83. The molecule has 74 valence electrons. The van der Waals surface area contributed by atoms with Gasteiger partial charge in [0.25, 0.3) is 0 Å². The molecular weight excluding hydrogens is 162 g/mol. The first-order valence-corrected chi connectivity index (χ1v) is 5.46. The Labute approximate surface area is 80.0 Å². The van der Waals surface area contributed by atoms with Crippen LogP contribution in [0, 0.1) is 0 Å². The Morgan fingerprint density at radius 1 is 1.46 bits per heavy atom. The zero-order chi connectivity index (χ0) is 8.93. The van der Waals surface area contributed by atoms with Crippen molar-refractivity contribution in [3.05, 3.63) is 0 Å². The molecule has 2 rings (SSSR count). The lowest BCUT2D eigenvalue weighted by Gasteiger charge is -2.10. The van der Waals surface area contributed by atoms with Gasteiger partial charge in [0.2, 0.25) is 0 Å². The molecule has 1 saturated heterocycles. The Kier molecular flexibility index (Phi) is 3.19. The molecular formula is C10H19N3. The van der Waals surface area contributed by atoms with Crippen LogP contribution in [-0.4, -0.2) is 31.5 Å². The summed E-state index contributed by atoms with van der Waals surface area (Å²) in [5.41, 5.74) is 0. The fraction of sp³-hybridized carbons (Fsp3) is 0.900. The van der Waals surface area contributed by atoms with Crippen LogP contribution in [0.2, 0.25) is 0 Å². The molecule has 0 aromatic rings. The van der Waals surface area contributed by atoms with Crippen LogP contribution in [0.25, 0.3) is 0 Å². The number of rotatable bonds is 3. The molecule has 0 saturated carbocycles. The van der Waals surface area contributed by atoms with E-state index in [1.807, 2.05) is 0 Å². The number of nitrogens with one attached hydrogen (secondary N) is 2. The van der Waals surface area contributed by atoms with Gasteiger partial charge in [-0.25, -0.2) is 0 Å². The van der Waals surface area contributed by atoms with E-state index in [4.69, 9.17) is 0 Å². The Hall–Kier alpha value is -0.570. The number of nitrogens with zero attached hydrogens (tertiary/aromatic N) is 1. The monoisotopic (exact) mass is 181 g/mol. The third kappa shape index (κ3) is 2.69. The molecule has 2 aliphatic rings. The first-order valence-electron chi connectivity index (χ1n) is 5.46. The van der Waals surface area contributed by atoms with Gasteiger partial charge in [0.1, 0.15) is 0 Å². The molecule has 0 amide bonds. The molecule has 2 N–H and O–H groups in total. The topological polar surface area (TPSA) is 36.4 Å². The standard InChI is InChI=1S/C10H19N3/c1-3-9(11-6-1)5-8-13-10-4-2-7-12-10/h9,11H,1-8H2,(H,12,13). The molecule has 2 aliphatic heterocycles. The summed E-state index contributed by atoms with van der Waals surface area (Å²) < 4.78 is 0. The van der Waals surface area contributed by atoms with Crippen molar-refractivity contribution in [1.82, 2.24) is 10.6 Å². The molecule has 1 unspecified atom stereocenters. The Balaban J connectivity index is 1.57. The molecule has 1 atom stereocenters. The predicted molar refractivity (Wildman–Crippen MR) is 55.2 cm³/mol. The van der Waals surface area contributed by atoms with Crippen molar-refractivity contribution in [3.8, 4) is 0 Å². The maximum Gasteiger partial charge on any atom is 0.0963 e. The van der Waals surface area contributed by atoms with E-state index < -0.39 is 0 Å². The second-order valence-corrected chi connectivity index (χ2v) is 3.94. The van der Waals surface area contributed by atoms with Gasteiger partial charge >= 0.3 is 0 Å². The van der Waals surface area contributed by atoms with E-state index in [0.29, 0.717) is 0 Å². The lowest BCUT2D eigenvalue weighted by Crippen LogP contribution is -2.29. The van der Waals surface area contributed by atoms with Gasteiger partial charge < -0.3 is 10.6 Å². The molecule has 3 nitrogen and oxygen atoms in total. The zero-order valence-corrected chi connectivity index (χ0v) is 8.18. The van der Waals surface area contributed by atoms with Crippen molar-refractivity contribution in [2.75, 3.05) is 19.6 Å². The number of hydrogen-bond acceptors (Lipinski definition) is 3. The second kappa shape index (κ2) is 4.61. The molecule has 0 aliphatic carbocycles. The Morgan fingerprint density at radius 2 is 2.46 bits per heavy atom. The molecule has 2 heterocycles. The van der Waals surface area contributed by atoms with Crippen molar-refractivity contribution in [2.45, 2.75) is 38.1 Å². The quantitative estimate of drug-likeness (QED) is 0.679. The highest BCUT2D eigenvalue weighted by Crippen LogP contribution is 2.08. The minimum atomic E-state index is 0.759. The fourth-order valence-electron chi connectivity index (χ4n) is 2.08. The van der Waals surface area contributed by atoms with Gasteiger partial charge in [-0.05, 0) is 32.2 Å². The van der Waals surface area contributed by atoms with Crippen LogP contribution < -0.4 is 10.6 Å². The van der Waals surface area contributed by atoms with E-state index in [0.717, 1.165) is 25.6 Å². The molecule has 0 radical (unpaired) electrons. The van der Waals surface area contributed by atoms with Gasteiger partial charge in [0, 0.05) is 25.6 Å². The lowest BCUT2D eigenvalue weighted by atomic mass is 10.1. The Bertz CT molecular complexity index is 183. The first-order chi connectivity index (χ1) is 6.45. The van der Waals surface area contributed by atoms with Crippen molar-refractivity contribution in [2.24, 2.45) is 4.99 Å². The molecule has 0 bridgehead atoms. The van der Waals surface area contributed by atoms with Crippen LogP contribution in [0.4, 0.5) is 0 Å². The summed E-state index contributed by atoms with van der Waals surface area (Å²) in [6.07, 6.45) is 6.36. The summed E-state index contributed by atoms with van der Waals surface area (Å²) in [5, 5.41) is 6.92. The summed E-state index contributed by atoms with van der Waals surface area (Å²) in [5.74, 6) is 1.23. The molecule has 0 aromatic heterocycles. The van der Waals surface area contributed by atoms with Gasteiger partial charge in [-0.15, -0.1) is 0 Å². The number of aliphatic imine (C=N–C) groups is 1. The van der Waals surface area contributed by atoms with E-state index in [1.165, 1.54) is 38.1 Å². The van der Waals surface area contributed by atoms with Crippen molar-refractivity contribution >= 4 is 5.84 Å². The number of hydrogen-bond donors (Lipinski definition) is 2. The van der Waals surface area contributed by atoms with Gasteiger partial charge in [-0.3, -0.25) is 4.99 Å². The van der Waals surface area contributed by atoms with Crippen molar-refractivity contribution in [3.63, 3.8) is 0 Å². The average molecular weight is 181 g/mol. The predicted octanol–water partition coefficient (Wildman–Crippen LogP) is 0.910. The molecule has 0 aromatic carbocycles. The zero-order valence-electron chi connectivity index (χ0n) is 8.18. The third-order valence-corrected chi connectivity index (χ3v) is 2.86. The van der Waals surface area contributed by atoms with Crippen LogP contribution in [0.5, 0.6) is 0 Å². The molecule has 13 heavy (non-hydrogen) atoms. The average Bonchev–Trinajstić information content (AvgIpc) is 2.75. The second-order valence-electron chi connectivity index (χ2n) is 3.94. The van der Waals surface area contributed by atoms with Gasteiger partial charge in [-0.1, -0.05) is 0 Å². The van der Waals surface area contributed by atoms with Gasteiger partial charge in [0.15, 0.2) is 0 Å². The summed E-state index contributed by atoms with van der Waals surface area (Å²) >= 11 is 0. The summed E-state index contributed by atoms with van der Waals surface area (Å²) in [4.78, 5) is 4.38. The largest absolute Gasteiger partial charge is 0.374 e. The molecule has 0 spiro atoms. The lowest BCUT2D eigenvalue weighted by molar-refractivity contribution is 0.553. The minimum absolute atomic E-state index is 0.759. The third-order valence-electron chi connectivity index (χ3n) is 2.86. The maximum atomic E-state index is 4.38. The minimum Gasteiger partial charge on any atom is -0.374 e. The smallest absolute Gasteiger partial charge is 0.0963 e. The first kappa shape index (κ1) is 9.00. The van der Waals surface area contributed by atoms with Crippen LogP contribution in [-0.2, 0) is 0 Å². The normalized spacial score (nSPS) is 27.7. The van der Waals surface area contributed by atoms with Gasteiger partial charge in [0.05, 0.1) is 5.84 Å². The summed E-state index contributed by atoms with van der Waals surface area (Å²) in [7, 11) is 0. The SMILES string of the molecule is C1CN=C(NCCC2CCCN2)C1. The fourth-order valence-corrected chi connectivity index (χ4v) is 2.08. The van der Waals surface area contributed by atoms with E-state index >= 15 is 0 Å². The van der Waals surface area contributed by atoms with E-state index in [9.17, 15) is 0 Å². The molecule has 3 heteroatoms. The molecule has 1 fully saturated rings. The van der Waals surface area contributed by atoms with E-state index in [2.05, 4.69) is 15.6 Å². The Morgan fingerprint density at radius 3 is 3.15 bits per heavy atom. The highest BCUT2D eigenvalue weighted by atomic mass is 15.0. The van der Waals surface area contributed by atoms with Crippen LogP contribution in [0.1, 0.15) is 32.1 Å².